The van der Waals surface area contributed by atoms with Crippen molar-refractivity contribution in [1.29, 1.82) is 0 Å². The van der Waals surface area contributed by atoms with Gasteiger partial charge in [0.2, 0.25) is 3.79 Å². The highest BCUT2D eigenvalue weighted by Crippen LogP contribution is 2.39. The van der Waals surface area contributed by atoms with Crippen molar-refractivity contribution in [3.05, 3.63) is 46.8 Å². The van der Waals surface area contributed by atoms with Gasteiger partial charge in [0.25, 0.3) is 0 Å². The molecule has 1 heterocycles. The molecule has 4 nitrogen and oxygen atoms in total. The minimum absolute atomic E-state index is 0.0822. The molecule has 0 saturated carbocycles. The van der Waals surface area contributed by atoms with Crippen molar-refractivity contribution < 1.29 is 9.53 Å². The predicted octanol–water partition coefficient (Wildman–Crippen LogP) is 4.10. The zero-order valence-corrected chi connectivity index (χ0v) is 13.9. The Kier molecular flexibility index (Phi) is 4.51. The summed E-state index contributed by atoms with van der Waals surface area (Å²) in [6, 6.07) is 7.18. The lowest BCUT2D eigenvalue weighted by Crippen LogP contribution is -2.11. The van der Waals surface area contributed by atoms with E-state index in [-0.39, 0.29) is 11.4 Å². The van der Waals surface area contributed by atoms with Crippen molar-refractivity contribution in [2.24, 2.45) is 0 Å². The van der Waals surface area contributed by atoms with Crippen LogP contribution in [0.5, 0.6) is 0 Å². The summed E-state index contributed by atoms with van der Waals surface area (Å²) in [5, 5.41) is 4.20. The van der Waals surface area contributed by atoms with Gasteiger partial charge in [-0.3, -0.25) is 0 Å². The molecular formula is C14H13Cl3N2O2. The lowest BCUT2D eigenvalue weighted by atomic mass is 10.1. The molecule has 0 radical (unpaired) electrons. The second kappa shape index (κ2) is 5.87. The Morgan fingerprint density at radius 1 is 1.24 bits per heavy atom. The highest BCUT2D eigenvalue weighted by molar-refractivity contribution is 6.66. The number of aryl methyl sites for hydroxylation is 2. The number of benzene rings is 1. The van der Waals surface area contributed by atoms with E-state index in [9.17, 15) is 4.79 Å². The normalized spacial score (nSPS) is 11.5. The molecule has 0 aliphatic carbocycles. The fraction of sp³-hybridized carbons (Fsp3) is 0.286. The summed E-state index contributed by atoms with van der Waals surface area (Å²) in [5.41, 5.74) is 3.15. The number of rotatable bonds is 2. The molecule has 21 heavy (non-hydrogen) atoms. The Labute approximate surface area is 137 Å². The van der Waals surface area contributed by atoms with Gasteiger partial charge in [-0.15, -0.1) is 0 Å². The molecule has 0 bridgehead atoms. The van der Waals surface area contributed by atoms with Crippen LogP contribution in [0.3, 0.4) is 0 Å². The van der Waals surface area contributed by atoms with Crippen LogP contribution in [0.2, 0.25) is 0 Å². The Morgan fingerprint density at radius 2 is 1.90 bits per heavy atom. The van der Waals surface area contributed by atoms with Gasteiger partial charge in [0.1, 0.15) is 0 Å². The lowest BCUT2D eigenvalue weighted by molar-refractivity contribution is 0.0593. The smallest absolute Gasteiger partial charge is 0.358 e. The van der Waals surface area contributed by atoms with Crippen LogP contribution in [-0.4, -0.2) is 22.9 Å². The summed E-state index contributed by atoms with van der Waals surface area (Å²) >= 11 is 17.9. The van der Waals surface area contributed by atoms with Gasteiger partial charge < -0.3 is 4.74 Å². The number of ether oxygens (including phenoxy) is 1. The van der Waals surface area contributed by atoms with E-state index in [2.05, 4.69) is 9.84 Å². The van der Waals surface area contributed by atoms with Gasteiger partial charge in [0.15, 0.2) is 5.69 Å². The molecule has 0 atom stereocenters. The van der Waals surface area contributed by atoms with E-state index in [1.165, 1.54) is 17.9 Å². The molecule has 2 rings (SSSR count). The summed E-state index contributed by atoms with van der Waals surface area (Å²) in [7, 11) is 1.27. The number of carbonyl (C=O) groups is 1. The topological polar surface area (TPSA) is 44.1 Å². The third-order valence-corrected chi connectivity index (χ3v) is 3.56. The third kappa shape index (κ3) is 3.34. The highest BCUT2D eigenvalue weighted by atomic mass is 35.6. The van der Waals surface area contributed by atoms with Gasteiger partial charge in [-0.05, 0) is 31.5 Å². The van der Waals surface area contributed by atoms with E-state index < -0.39 is 9.76 Å². The molecule has 1 aromatic heterocycles. The number of esters is 1. The number of nitrogens with zero attached hydrogens (tertiary/aromatic N) is 2. The molecule has 7 heteroatoms. The number of methoxy groups -OCH3 is 1. The summed E-state index contributed by atoms with van der Waals surface area (Å²) in [5.74, 6) is -0.589. The van der Waals surface area contributed by atoms with E-state index in [0.29, 0.717) is 0 Å². The predicted molar refractivity (Wildman–Crippen MR) is 83.6 cm³/mol. The fourth-order valence-electron chi connectivity index (χ4n) is 2.01. The summed E-state index contributed by atoms with van der Waals surface area (Å²) in [6.45, 7) is 3.90. The van der Waals surface area contributed by atoms with E-state index in [4.69, 9.17) is 34.8 Å². The van der Waals surface area contributed by atoms with Gasteiger partial charge in [0.05, 0.1) is 18.5 Å². The Bertz CT molecular complexity index is 690. The third-order valence-electron chi connectivity index (χ3n) is 2.97. The molecule has 1 aromatic carbocycles. The molecular weight excluding hydrogens is 335 g/mol. The Morgan fingerprint density at radius 3 is 2.43 bits per heavy atom. The monoisotopic (exact) mass is 346 g/mol. The van der Waals surface area contributed by atoms with Crippen LogP contribution in [0, 0.1) is 13.8 Å². The average molecular weight is 348 g/mol. The van der Waals surface area contributed by atoms with Gasteiger partial charge in [-0.25, -0.2) is 9.48 Å². The fourth-order valence-corrected chi connectivity index (χ4v) is 2.42. The average Bonchev–Trinajstić information content (AvgIpc) is 2.82. The lowest BCUT2D eigenvalue weighted by Gasteiger charge is -2.15. The zero-order valence-electron chi connectivity index (χ0n) is 11.7. The van der Waals surface area contributed by atoms with E-state index in [1.54, 1.807) is 0 Å². The maximum atomic E-state index is 11.6. The van der Waals surface area contributed by atoms with Crippen LogP contribution >= 0.6 is 34.8 Å². The first-order chi connectivity index (χ1) is 9.74. The first-order valence-corrected chi connectivity index (χ1v) is 7.20. The second-order valence-electron chi connectivity index (χ2n) is 4.61. The summed E-state index contributed by atoms with van der Waals surface area (Å²) in [4.78, 5) is 11.6. The summed E-state index contributed by atoms with van der Waals surface area (Å²) in [6.07, 6.45) is 0. The highest BCUT2D eigenvalue weighted by Gasteiger charge is 2.31. The second-order valence-corrected chi connectivity index (χ2v) is 6.89. The van der Waals surface area contributed by atoms with Crippen LogP contribution in [-0.2, 0) is 8.53 Å². The SMILES string of the molecule is COC(=O)c1cc(C(Cl)(Cl)Cl)n(-c2ccc(C)cc2C)n1. The molecule has 0 unspecified atom stereocenters. The number of hydrogen-bond donors (Lipinski definition) is 0. The zero-order chi connectivity index (χ0) is 15.8. The van der Waals surface area contributed by atoms with Gasteiger partial charge >= 0.3 is 5.97 Å². The van der Waals surface area contributed by atoms with Gasteiger partial charge in [0, 0.05) is 0 Å². The number of carbonyl (C=O) groups excluding carboxylic acids is 1. The maximum absolute atomic E-state index is 11.6. The molecule has 0 saturated heterocycles. The molecule has 0 aliphatic heterocycles. The molecule has 0 aliphatic rings. The Balaban J connectivity index is 2.66. The minimum Gasteiger partial charge on any atom is -0.464 e. The van der Waals surface area contributed by atoms with Crippen LogP contribution in [0.25, 0.3) is 5.69 Å². The van der Waals surface area contributed by atoms with Crippen molar-refractivity contribution >= 4 is 40.8 Å². The Hall–Kier alpha value is -1.23. The first-order valence-electron chi connectivity index (χ1n) is 6.07. The molecule has 112 valence electrons. The molecule has 2 aromatic rings. The van der Waals surface area contributed by atoms with Gasteiger partial charge in [-0.1, -0.05) is 52.5 Å². The van der Waals surface area contributed by atoms with Crippen LogP contribution in [0.4, 0.5) is 0 Å². The molecule has 0 fully saturated rings. The van der Waals surface area contributed by atoms with Crippen LogP contribution in [0.1, 0.15) is 27.3 Å². The number of alkyl halides is 3. The molecule has 0 N–H and O–H groups in total. The molecule has 0 amide bonds. The molecule has 0 spiro atoms. The first kappa shape index (κ1) is 16.1. The van der Waals surface area contributed by atoms with Crippen LogP contribution < -0.4 is 0 Å². The van der Waals surface area contributed by atoms with E-state index in [1.807, 2.05) is 32.0 Å². The van der Waals surface area contributed by atoms with Crippen LogP contribution in [0.15, 0.2) is 24.3 Å². The van der Waals surface area contributed by atoms with Crippen molar-refractivity contribution in [3.63, 3.8) is 0 Å². The van der Waals surface area contributed by atoms with Crippen molar-refractivity contribution in [1.82, 2.24) is 9.78 Å². The standard InChI is InChI=1S/C14H13Cl3N2O2/c1-8-4-5-11(9(2)6-8)19-12(14(15,16)17)7-10(18-19)13(20)21-3/h4-7H,1-3H3. The van der Waals surface area contributed by atoms with Crippen molar-refractivity contribution in [2.45, 2.75) is 17.6 Å². The van der Waals surface area contributed by atoms with Gasteiger partial charge in [-0.2, -0.15) is 5.10 Å². The summed E-state index contributed by atoms with van der Waals surface area (Å²) < 4.78 is 4.40. The van der Waals surface area contributed by atoms with Crippen molar-refractivity contribution in [2.75, 3.05) is 7.11 Å². The number of aromatic nitrogens is 2. The van der Waals surface area contributed by atoms with E-state index in [0.717, 1.165) is 16.8 Å². The maximum Gasteiger partial charge on any atom is 0.358 e. The number of hydrogen-bond acceptors (Lipinski definition) is 3. The van der Waals surface area contributed by atoms with Crippen molar-refractivity contribution in [3.8, 4) is 5.69 Å². The largest absolute Gasteiger partial charge is 0.464 e. The number of halogens is 3. The van der Waals surface area contributed by atoms with E-state index >= 15 is 0 Å². The quantitative estimate of drug-likeness (QED) is 0.607. The minimum atomic E-state index is -1.71.